The standard InChI is InChI=1S/C18H16ClN3O2/c1-2-24-18(23)16(12-20)17(21-14-6-4-3-5-7-14)22-15-10-8-13(19)9-11-15/h3-11,21-22H,2H2,1H3. The van der Waals surface area contributed by atoms with Gasteiger partial charge in [0.25, 0.3) is 0 Å². The molecule has 0 amide bonds. The second kappa shape index (κ2) is 8.61. The van der Waals surface area contributed by atoms with Gasteiger partial charge < -0.3 is 15.4 Å². The van der Waals surface area contributed by atoms with Crippen molar-refractivity contribution in [1.29, 1.82) is 5.26 Å². The Morgan fingerprint density at radius 3 is 2.21 bits per heavy atom. The zero-order valence-corrected chi connectivity index (χ0v) is 13.8. The topological polar surface area (TPSA) is 74.2 Å². The first-order valence-corrected chi connectivity index (χ1v) is 7.68. The highest BCUT2D eigenvalue weighted by atomic mass is 35.5. The fourth-order valence-corrected chi connectivity index (χ4v) is 2.03. The molecule has 2 aromatic carbocycles. The van der Waals surface area contributed by atoms with Crippen LogP contribution in [-0.2, 0) is 9.53 Å². The molecule has 2 aromatic rings. The maximum Gasteiger partial charge on any atom is 0.352 e. The van der Waals surface area contributed by atoms with Gasteiger partial charge in [0.1, 0.15) is 11.9 Å². The Morgan fingerprint density at radius 1 is 1.08 bits per heavy atom. The number of rotatable bonds is 6. The molecule has 0 saturated heterocycles. The van der Waals surface area contributed by atoms with Crippen molar-refractivity contribution in [3.05, 3.63) is 71.0 Å². The van der Waals surface area contributed by atoms with Gasteiger partial charge in [0.15, 0.2) is 5.57 Å². The molecule has 5 nitrogen and oxygen atoms in total. The maximum atomic E-state index is 12.0. The van der Waals surface area contributed by atoms with E-state index in [-0.39, 0.29) is 18.0 Å². The van der Waals surface area contributed by atoms with E-state index in [9.17, 15) is 10.1 Å². The highest BCUT2D eigenvalue weighted by Crippen LogP contribution is 2.19. The molecule has 0 aromatic heterocycles. The number of nitrogens with zero attached hydrogens (tertiary/aromatic N) is 1. The van der Waals surface area contributed by atoms with Crippen LogP contribution in [0.15, 0.2) is 66.0 Å². The Balaban J connectivity index is 2.37. The fourth-order valence-electron chi connectivity index (χ4n) is 1.91. The summed E-state index contributed by atoms with van der Waals surface area (Å²) in [6, 6.07) is 18.0. The Hall–Kier alpha value is -2.97. The summed E-state index contributed by atoms with van der Waals surface area (Å²) in [7, 11) is 0. The maximum absolute atomic E-state index is 12.0. The van der Waals surface area contributed by atoms with Crippen molar-refractivity contribution in [3.8, 4) is 6.07 Å². The third-order valence-corrected chi connectivity index (χ3v) is 3.25. The summed E-state index contributed by atoms with van der Waals surface area (Å²) in [4.78, 5) is 12.0. The summed E-state index contributed by atoms with van der Waals surface area (Å²) in [5, 5.41) is 16.1. The first-order valence-electron chi connectivity index (χ1n) is 7.30. The zero-order chi connectivity index (χ0) is 17.4. The summed E-state index contributed by atoms with van der Waals surface area (Å²) >= 11 is 5.88. The average Bonchev–Trinajstić information content (AvgIpc) is 2.58. The minimum absolute atomic E-state index is 0.143. The lowest BCUT2D eigenvalue weighted by Crippen LogP contribution is -2.18. The average molecular weight is 342 g/mol. The van der Waals surface area contributed by atoms with Crippen molar-refractivity contribution in [2.24, 2.45) is 0 Å². The van der Waals surface area contributed by atoms with Crippen molar-refractivity contribution >= 4 is 28.9 Å². The van der Waals surface area contributed by atoms with Gasteiger partial charge in [0.2, 0.25) is 0 Å². The molecule has 6 heteroatoms. The normalized spacial score (nSPS) is 11.0. The van der Waals surface area contributed by atoms with Crippen LogP contribution in [-0.4, -0.2) is 12.6 Å². The van der Waals surface area contributed by atoms with E-state index >= 15 is 0 Å². The molecular weight excluding hydrogens is 326 g/mol. The number of anilines is 2. The van der Waals surface area contributed by atoms with Crippen LogP contribution in [0, 0.1) is 11.3 Å². The van der Waals surface area contributed by atoms with Crippen LogP contribution in [0.3, 0.4) is 0 Å². The Kier molecular flexibility index (Phi) is 6.23. The molecule has 0 radical (unpaired) electrons. The number of esters is 1. The van der Waals surface area contributed by atoms with Crippen LogP contribution in [0.4, 0.5) is 11.4 Å². The van der Waals surface area contributed by atoms with E-state index in [1.807, 2.05) is 36.4 Å². The number of benzene rings is 2. The van der Waals surface area contributed by atoms with Gasteiger partial charge in [-0.05, 0) is 43.3 Å². The molecule has 0 spiro atoms. The smallest absolute Gasteiger partial charge is 0.352 e. The molecule has 122 valence electrons. The van der Waals surface area contributed by atoms with E-state index in [0.29, 0.717) is 10.7 Å². The Bertz CT molecular complexity index is 765. The summed E-state index contributed by atoms with van der Waals surface area (Å²) in [5.41, 5.74) is 1.26. The fraction of sp³-hybridized carbons (Fsp3) is 0.111. The van der Waals surface area contributed by atoms with Crippen LogP contribution in [0.5, 0.6) is 0 Å². The van der Waals surface area contributed by atoms with E-state index in [1.54, 1.807) is 31.2 Å². The van der Waals surface area contributed by atoms with Crippen LogP contribution in [0.2, 0.25) is 5.02 Å². The lowest BCUT2D eigenvalue weighted by molar-refractivity contribution is -0.138. The summed E-state index contributed by atoms with van der Waals surface area (Å²) < 4.78 is 4.95. The number of ether oxygens (including phenoxy) is 1. The summed E-state index contributed by atoms with van der Waals surface area (Å²) in [6.45, 7) is 1.87. The predicted octanol–water partition coefficient (Wildman–Crippen LogP) is 4.16. The van der Waals surface area contributed by atoms with E-state index < -0.39 is 5.97 Å². The van der Waals surface area contributed by atoms with Gasteiger partial charge in [-0.2, -0.15) is 5.26 Å². The molecule has 0 aliphatic heterocycles. The number of carbonyl (C=O) groups excluding carboxylic acids is 1. The lowest BCUT2D eigenvalue weighted by Gasteiger charge is -2.15. The van der Waals surface area contributed by atoms with E-state index in [1.165, 1.54) is 0 Å². The second-order valence-electron chi connectivity index (χ2n) is 4.71. The largest absolute Gasteiger partial charge is 0.462 e. The third-order valence-electron chi connectivity index (χ3n) is 3.00. The SMILES string of the molecule is CCOC(=O)C(C#N)=C(Nc1ccccc1)Nc1ccc(Cl)cc1. The molecule has 0 heterocycles. The summed E-state index contributed by atoms with van der Waals surface area (Å²) in [5.74, 6) is -0.454. The Morgan fingerprint density at radius 2 is 1.67 bits per heavy atom. The predicted molar refractivity (Wildman–Crippen MR) is 94.4 cm³/mol. The van der Waals surface area contributed by atoms with Gasteiger partial charge in [-0.25, -0.2) is 4.79 Å². The highest BCUT2D eigenvalue weighted by Gasteiger charge is 2.17. The van der Waals surface area contributed by atoms with Crippen LogP contribution < -0.4 is 10.6 Å². The molecule has 2 N–H and O–H groups in total. The van der Waals surface area contributed by atoms with Gasteiger partial charge in [0, 0.05) is 16.4 Å². The van der Waals surface area contributed by atoms with Crippen molar-refractivity contribution in [3.63, 3.8) is 0 Å². The summed E-state index contributed by atoms with van der Waals surface area (Å²) in [6.07, 6.45) is 0. The number of hydrogen-bond acceptors (Lipinski definition) is 5. The first kappa shape index (κ1) is 17.4. The van der Waals surface area contributed by atoms with E-state index in [2.05, 4.69) is 10.6 Å². The van der Waals surface area contributed by atoms with Crippen molar-refractivity contribution in [2.75, 3.05) is 17.2 Å². The molecule has 2 rings (SSSR count). The number of carbonyl (C=O) groups is 1. The number of hydrogen-bond donors (Lipinski definition) is 2. The van der Waals surface area contributed by atoms with Gasteiger partial charge in [-0.15, -0.1) is 0 Å². The lowest BCUT2D eigenvalue weighted by atomic mass is 10.2. The second-order valence-corrected chi connectivity index (χ2v) is 5.14. The van der Waals surface area contributed by atoms with E-state index in [0.717, 1.165) is 5.69 Å². The van der Waals surface area contributed by atoms with Crippen molar-refractivity contribution < 1.29 is 9.53 Å². The quantitative estimate of drug-likeness (QED) is 0.469. The molecule has 0 atom stereocenters. The minimum atomic E-state index is -0.695. The zero-order valence-electron chi connectivity index (χ0n) is 13.0. The highest BCUT2D eigenvalue weighted by molar-refractivity contribution is 6.30. The van der Waals surface area contributed by atoms with Gasteiger partial charge in [0.05, 0.1) is 6.61 Å². The molecular formula is C18H16ClN3O2. The number of para-hydroxylation sites is 1. The molecule has 0 fully saturated rings. The first-order chi connectivity index (χ1) is 11.6. The third kappa shape index (κ3) is 4.77. The molecule has 0 unspecified atom stereocenters. The minimum Gasteiger partial charge on any atom is -0.462 e. The van der Waals surface area contributed by atoms with Crippen LogP contribution in [0.25, 0.3) is 0 Å². The monoisotopic (exact) mass is 341 g/mol. The number of nitriles is 1. The molecule has 24 heavy (non-hydrogen) atoms. The Labute approximate surface area is 145 Å². The van der Waals surface area contributed by atoms with Crippen molar-refractivity contribution in [2.45, 2.75) is 6.92 Å². The molecule has 0 saturated carbocycles. The molecule has 0 aliphatic carbocycles. The van der Waals surface area contributed by atoms with Crippen LogP contribution >= 0.6 is 11.6 Å². The number of halogens is 1. The van der Waals surface area contributed by atoms with Gasteiger partial charge in [-0.3, -0.25) is 0 Å². The van der Waals surface area contributed by atoms with E-state index in [4.69, 9.17) is 16.3 Å². The van der Waals surface area contributed by atoms with Gasteiger partial charge in [-0.1, -0.05) is 29.8 Å². The van der Waals surface area contributed by atoms with Crippen molar-refractivity contribution in [1.82, 2.24) is 0 Å². The molecule has 0 aliphatic rings. The molecule has 0 bridgehead atoms. The van der Waals surface area contributed by atoms with Gasteiger partial charge >= 0.3 is 5.97 Å². The van der Waals surface area contributed by atoms with Crippen LogP contribution in [0.1, 0.15) is 6.92 Å². The number of nitrogens with one attached hydrogen (secondary N) is 2.